The highest BCUT2D eigenvalue weighted by molar-refractivity contribution is 5.94. The van der Waals surface area contributed by atoms with Gasteiger partial charge >= 0.3 is 0 Å². The van der Waals surface area contributed by atoms with Crippen LogP contribution in [0.2, 0.25) is 0 Å². The van der Waals surface area contributed by atoms with Crippen LogP contribution in [-0.2, 0) is 9.59 Å². The summed E-state index contributed by atoms with van der Waals surface area (Å²) in [4.78, 5) is 26.7. The Labute approximate surface area is 149 Å². The Balaban J connectivity index is 1.96. The molecule has 2 amide bonds. The molecule has 0 spiro atoms. The number of carbonyl (C=O) groups excluding carboxylic acids is 2. The molecule has 0 bridgehead atoms. The molecule has 0 unspecified atom stereocenters. The Morgan fingerprint density at radius 2 is 1.76 bits per heavy atom. The molecule has 1 aliphatic heterocycles. The highest BCUT2D eigenvalue weighted by atomic mass is 16.5. The normalized spacial score (nSPS) is 15.6. The van der Waals surface area contributed by atoms with Crippen LogP contribution in [0.3, 0.4) is 0 Å². The Morgan fingerprint density at radius 3 is 2.28 bits per heavy atom. The van der Waals surface area contributed by atoms with Crippen molar-refractivity contribution in [3.63, 3.8) is 0 Å². The number of carbonyl (C=O) groups is 2. The topological polar surface area (TPSA) is 67.9 Å². The third-order valence-corrected chi connectivity index (χ3v) is 4.46. The molecular weight excluding hydrogens is 320 g/mol. The lowest BCUT2D eigenvalue weighted by molar-refractivity contribution is -0.142. The first-order valence-electron chi connectivity index (χ1n) is 8.58. The van der Waals surface area contributed by atoms with E-state index in [4.69, 9.17) is 9.47 Å². The molecule has 2 rings (SSSR count). The number of amides is 2. The summed E-state index contributed by atoms with van der Waals surface area (Å²) in [7, 11) is 3.14. The monoisotopic (exact) mass is 348 g/mol. The second kappa shape index (κ2) is 7.76. The molecule has 1 N–H and O–H groups in total. The highest BCUT2D eigenvalue weighted by Gasteiger charge is 2.32. The molecule has 1 aromatic rings. The van der Waals surface area contributed by atoms with Crippen molar-refractivity contribution in [3.8, 4) is 11.5 Å². The Hall–Kier alpha value is -2.24. The van der Waals surface area contributed by atoms with Crippen molar-refractivity contribution in [2.45, 2.75) is 33.6 Å². The molecule has 0 radical (unpaired) electrons. The maximum absolute atomic E-state index is 12.6. The Kier molecular flexibility index (Phi) is 5.93. The minimum Gasteiger partial charge on any atom is -0.497 e. The molecule has 0 aromatic heterocycles. The molecule has 1 aromatic carbocycles. The second-order valence-corrected chi connectivity index (χ2v) is 7.37. The van der Waals surface area contributed by atoms with Crippen LogP contribution in [0.25, 0.3) is 0 Å². The van der Waals surface area contributed by atoms with Crippen LogP contribution in [-0.4, -0.2) is 44.0 Å². The first-order chi connectivity index (χ1) is 11.8. The number of ether oxygens (including phenoxy) is 2. The molecule has 0 atom stereocenters. The van der Waals surface area contributed by atoms with E-state index in [1.54, 1.807) is 32.4 Å². The van der Waals surface area contributed by atoms with Gasteiger partial charge in [-0.2, -0.15) is 0 Å². The predicted octanol–water partition coefficient (Wildman–Crippen LogP) is 2.93. The number of hydrogen-bond acceptors (Lipinski definition) is 4. The fraction of sp³-hybridized carbons (Fsp3) is 0.579. The summed E-state index contributed by atoms with van der Waals surface area (Å²) in [5, 5.41) is 2.93. The van der Waals surface area contributed by atoms with Gasteiger partial charge in [-0.25, -0.2) is 0 Å². The summed E-state index contributed by atoms with van der Waals surface area (Å²) < 4.78 is 10.5. The van der Waals surface area contributed by atoms with E-state index < -0.39 is 0 Å². The number of rotatable bonds is 4. The number of anilines is 1. The molecule has 6 heteroatoms. The first-order valence-corrected chi connectivity index (χ1v) is 8.58. The summed E-state index contributed by atoms with van der Waals surface area (Å²) in [5.74, 6) is 1.24. The fourth-order valence-corrected chi connectivity index (χ4v) is 2.96. The van der Waals surface area contributed by atoms with Gasteiger partial charge < -0.3 is 19.7 Å². The fourth-order valence-electron chi connectivity index (χ4n) is 2.96. The lowest BCUT2D eigenvalue weighted by atomic mass is 9.90. The van der Waals surface area contributed by atoms with E-state index in [2.05, 4.69) is 5.32 Å². The summed E-state index contributed by atoms with van der Waals surface area (Å²) in [6, 6.07) is 5.29. The van der Waals surface area contributed by atoms with Crippen molar-refractivity contribution < 1.29 is 19.1 Å². The van der Waals surface area contributed by atoms with E-state index in [1.165, 1.54) is 0 Å². The summed E-state index contributed by atoms with van der Waals surface area (Å²) in [6.45, 7) is 7.00. The number of piperidine rings is 1. The van der Waals surface area contributed by atoms with Crippen molar-refractivity contribution >= 4 is 17.5 Å². The van der Waals surface area contributed by atoms with Gasteiger partial charge in [-0.3, -0.25) is 9.59 Å². The summed E-state index contributed by atoms with van der Waals surface area (Å²) in [6.07, 6.45) is 1.35. The van der Waals surface area contributed by atoms with Gasteiger partial charge in [0.25, 0.3) is 0 Å². The third-order valence-electron chi connectivity index (χ3n) is 4.46. The SMILES string of the molecule is COc1ccc(NC(=O)C2CCN(C(=O)C(C)(C)C)CC2)c(OC)c1. The Morgan fingerprint density at radius 1 is 1.12 bits per heavy atom. The molecule has 25 heavy (non-hydrogen) atoms. The lowest BCUT2D eigenvalue weighted by Crippen LogP contribution is -2.45. The molecule has 1 saturated heterocycles. The van der Waals surface area contributed by atoms with Crippen LogP contribution in [0.5, 0.6) is 11.5 Å². The molecule has 0 saturated carbocycles. The average molecular weight is 348 g/mol. The van der Waals surface area contributed by atoms with Crippen LogP contribution in [0.15, 0.2) is 18.2 Å². The largest absolute Gasteiger partial charge is 0.497 e. The lowest BCUT2D eigenvalue weighted by Gasteiger charge is -2.35. The zero-order chi connectivity index (χ0) is 18.6. The third kappa shape index (κ3) is 4.65. The van der Waals surface area contributed by atoms with Crippen LogP contribution < -0.4 is 14.8 Å². The van der Waals surface area contributed by atoms with Gasteiger partial charge in [-0.05, 0) is 25.0 Å². The van der Waals surface area contributed by atoms with Crippen LogP contribution in [0, 0.1) is 11.3 Å². The zero-order valence-corrected chi connectivity index (χ0v) is 15.7. The minimum absolute atomic E-state index is 0.0358. The Bertz CT molecular complexity index is 629. The van der Waals surface area contributed by atoms with Gasteiger partial charge in [0.2, 0.25) is 11.8 Å². The van der Waals surface area contributed by atoms with Gasteiger partial charge in [0.15, 0.2) is 0 Å². The highest BCUT2D eigenvalue weighted by Crippen LogP contribution is 2.30. The molecular formula is C19H28N2O4. The van der Waals surface area contributed by atoms with E-state index in [0.29, 0.717) is 43.1 Å². The minimum atomic E-state index is -0.383. The second-order valence-electron chi connectivity index (χ2n) is 7.37. The molecule has 6 nitrogen and oxygen atoms in total. The van der Waals surface area contributed by atoms with E-state index in [-0.39, 0.29) is 23.1 Å². The van der Waals surface area contributed by atoms with Gasteiger partial charge in [0, 0.05) is 30.5 Å². The van der Waals surface area contributed by atoms with Gasteiger partial charge in [-0.1, -0.05) is 20.8 Å². The van der Waals surface area contributed by atoms with E-state index in [0.717, 1.165) is 0 Å². The average Bonchev–Trinajstić information content (AvgIpc) is 2.60. The summed E-state index contributed by atoms with van der Waals surface area (Å²) in [5.41, 5.74) is 0.243. The first kappa shape index (κ1) is 19.1. The molecule has 1 fully saturated rings. The van der Waals surface area contributed by atoms with Crippen molar-refractivity contribution in [2.75, 3.05) is 32.6 Å². The van der Waals surface area contributed by atoms with E-state index >= 15 is 0 Å². The van der Waals surface area contributed by atoms with E-state index in [9.17, 15) is 9.59 Å². The standard InChI is InChI=1S/C19H28N2O4/c1-19(2,3)18(23)21-10-8-13(9-11-21)17(22)20-15-7-6-14(24-4)12-16(15)25-5/h6-7,12-13H,8-11H2,1-5H3,(H,20,22). The summed E-state index contributed by atoms with van der Waals surface area (Å²) >= 11 is 0. The van der Waals surface area contributed by atoms with Gasteiger partial charge in [0.05, 0.1) is 19.9 Å². The molecule has 1 heterocycles. The number of methoxy groups -OCH3 is 2. The van der Waals surface area contributed by atoms with Crippen LogP contribution in [0.1, 0.15) is 33.6 Å². The number of benzene rings is 1. The van der Waals surface area contributed by atoms with Gasteiger partial charge in [0.1, 0.15) is 11.5 Å². The van der Waals surface area contributed by atoms with Crippen LogP contribution in [0.4, 0.5) is 5.69 Å². The predicted molar refractivity (Wildman–Crippen MR) is 96.9 cm³/mol. The van der Waals surface area contributed by atoms with Crippen LogP contribution >= 0.6 is 0 Å². The van der Waals surface area contributed by atoms with Gasteiger partial charge in [-0.15, -0.1) is 0 Å². The molecule has 138 valence electrons. The zero-order valence-electron chi connectivity index (χ0n) is 15.7. The van der Waals surface area contributed by atoms with E-state index in [1.807, 2.05) is 25.7 Å². The smallest absolute Gasteiger partial charge is 0.227 e. The van der Waals surface area contributed by atoms with Crippen molar-refractivity contribution in [3.05, 3.63) is 18.2 Å². The number of hydrogen-bond donors (Lipinski definition) is 1. The maximum atomic E-state index is 12.6. The molecule has 0 aliphatic carbocycles. The van der Waals surface area contributed by atoms with Crippen molar-refractivity contribution in [1.82, 2.24) is 4.90 Å². The number of likely N-dealkylation sites (tertiary alicyclic amines) is 1. The quantitative estimate of drug-likeness (QED) is 0.908. The van der Waals surface area contributed by atoms with Crippen molar-refractivity contribution in [1.29, 1.82) is 0 Å². The number of nitrogens with one attached hydrogen (secondary N) is 1. The molecule has 1 aliphatic rings. The number of nitrogens with zero attached hydrogens (tertiary/aromatic N) is 1. The maximum Gasteiger partial charge on any atom is 0.227 e. The van der Waals surface area contributed by atoms with Crippen molar-refractivity contribution in [2.24, 2.45) is 11.3 Å².